The molecule has 0 saturated carbocycles. The smallest absolute Gasteiger partial charge is 0.357 e. The first-order chi connectivity index (χ1) is 6.97. The molecule has 0 spiro atoms. The summed E-state index contributed by atoms with van der Waals surface area (Å²) >= 11 is 5.60. The summed E-state index contributed by atoms with van der Waals surface area (Å²) in [6.45, 7) is 1.55. The molecule has 0 N–H and O–H groups in total. The minimum atomic E-state index is -2.86. The summed E-state index contributed by atoms with van der Waals surface area (Å²) in [5, 5.41) is -0.182. The molecule has 0 fully saturated rings. The van der Waals surface area contributed by atoms with Gasteiger partial charge in [0.15, 0.2) is 5.69 Å². The number of carbonyl (C=O) groups is 1. The van der Waals surface area contributed by atoms with Crippen LogP contribution in [0.15, 0.2) is 6.07 Å². The van der Waals surface area contributed by atoms with Gasteiger partial charge in [0.1, 0.15) is 0 Å². The molecule has 0 bridgehead atoms. The second-order valence-corrected chi connectivity index (χ2v) is 3.21. The molecule has 0 saturated heterocycles. The number of aryl methyl sites for hydroxylation is 1. The van der Waals surface area contributed by atoms with Crippen LogP contribution in [0.5, 0.6) is 0 Å². The molecule has 0 aliphatic rings. The lowest BCUT2D eigenvalue weighted by molar-refractivity contribution is 0.0581. The maximum absolute atomic E-state index is 12.6. The summed E-state index contributed by atoms with van der Waals surface area (Å²) in [7, 11) is 1.09. The zero-order chi connectivity index (χ0) is 11.6. The van der Waals surface area contributed by atoms with Crippen molar-refractivity contribution in [2.45, 2.75) is 13.3 Å². The quantitative estimate of drug-likeness (QED) is 0.740. The molecule has 0 radical (unpaired) electrons. The number of methoxy groups -OCH3 is 1. The number of aromatic nitrogens is 1. The molecule has 6 heteroatoms. The number of hydrogen-bond acceptors (Lipinski definition) is 3. The maximum atomic E-state index is 12.6. The van der Waals surface area contributed by atoms with Crippen LogP contribution in [-0.4, -0.2) is 18.1 Å². The summed E-state index contributed by atoms with van der Waals surface area (Å²) in [5.41, 5.74) is -0.642. The lowest BCUT2D eigenvalue weighted by atomic mass is 10.2. The van der Waals surface area contributed by atoms with E-state index < -0.39 is 23.7 Å². The van der Waals surface area contributed by atoms with E-state index in [1.54, 1.807) is 6.92 Å². The van der Waals surface area contributed by atoms with Gasteiger partial charge in [-0.25, -0.2) is 18.6 Å². The van der Waals surface area contributed by atoms with E-state index in [2.05, 4.69) is 9.72 Å². The molecule has 15 heavy (non-hydrogen) atoms. The second kappa shape index (κ2) is 4.53. The van der Waals surface area contributed by atoms with E-state index >= 15 is 0 Å². The molecule has 0 amide bonds. The van der Waals surface area contributed by atoms with E-state index in [1.165, 1.54) is 6.07 Å². The first-order valence-corrected chi connectivity index (χ1v) is 4.38. The van der Waals surface area contributed by atoms with Crippen molar-refractivity contribution >= 4 is 17.6 Å². The van der Waals surface area contributed by atoms with Gasteiger partial charge in [0.05, 0.1) is 17.7 Å². The highest BCUT2D eigenvalue weighted by Crippen LogP contribution is 2.30. The first-order valence-electron chi connectivity index (χ1n) is 4.01. The Hall–Kier alpha value is -1.23. The van der Waals surface area contributed by atoms with E-state index in [0.717, 1.165) is 7.11 Å². The molecular formula is C9H8ClF2NO2. The Bertz CT molecular complexity index is 396. The Morgan fingerprint density at radius 1 is 1.60 bits per heavy atom. The van der Waals surface area contributed by atoms with Crippen LogP contribution in [0.3, 0.4) is 0 Å². The number of alkyl halides is 2. The van der Waals surface area contributed by atoms with Crippen LogP contribution < -0.4 is 0 Å². The number of halogens is 3. The standard InChI is InChI=1S/C9H8ClF2NO2/c1-4-3-5(10)6(8(11)12)7(13-4)9(14)15-2/h3,8H,1-2H3. The lowest BCUT2D eigenvalue weighted by Gasteiger charge is -2.09. The minimum Gasteiger partial charge on any atom is -0.464 e. The Kier molecular flexibility index (Phi) is 3.57. The third-order valence-corrected chi connectivity index (χ3v) is 2.05. The van der Waals surface area contributed by atoms with E-state index in [1.807, 2.05) is 0 Å². The fraction of sp³-hybridized carbons (Fsp3) is 0.333. The summed E-state index contributed by atoms with van der Waals surface area (Å²) in [5.74, 6) is -0.920. The predicted molar refractivity (Wildman–Crippen MR) is 50.3 cm³/mol. The van der Waals surface area contributed by atoms with Crippen molar-refractivity contribution in [1.82, 2.24) is 4.98 Å². The molecule has 0 aromatic carbocycles. The van der Waals surface area contributed by atoms with E-state index in [4.69, 9.17) is 11.6 Å². The molecule has 1 aromatic heterocycles. The lowest BCUT2D eigenvalue weighted by Crippen LogP contribution is -2.10. The SMILES string of the molecule is COC(=O)c1nc(C)cc(Cl)c1C(F)F. The van der Waals surface area contributed by atoms with E-state index in [0.29, 0.717) is 5.69 Å². The molecule has 1 rings (SSSR count). The summed E-state index contributed by atoms with van der Waals surface area (Å²) in [6.07, 6.45) is -2.86. The Morgan fingerprint density at radius 2 is 2.20 bits per heavy atom. The van der Waals surface area contributed by atoms with Crippen molar-refractivity contribution in [3.8, 4) is 0 Å². The number of ether oxygens (including phenoxy) is 1. The van der Waals surface area contributed by atoms with Crippen molar-refractivity contribution in [1.29, 1.82) is 0 Å². The van der Waals surface area contributed by atoms with Gasteiger partial charge < -0.3 is 4.74 Å². The number of hydrogen-bond donors (Lipinski definition) is 0. The van der Waals surface area contributed by atoms with Crippen LogP contribution in [-0.2, 0) is 4.74 Å². The largest absolute Gasteiger partial charge is 0.464 e. The fourth-order valence-corrected chi connectivity index (χ4v) is 1.43. The summed E-state index contributed by atoms with van der Waals surface area (Å²) in [6, 6.07) is 1.27. The highest BCUT2D eigenvalue weighted by Gasteiger charge is 2.24. The topological polar surface area (TPSA) is 39.2 Å². The average Bonchev–Trinajstić information content (AvgIpc) is 2.14. The Balaban J connectivity index is 3.40. The van der Waals surface area contributed by atoms with Crippen LogP contribution in [0.2, 0.25) is 5.02 Å². The zero-order valence-electron chi connectivity index (χ0n) is 8.05. The van der Waals surface area contributed by atoms with E-state index in [9.17, 15) is 13.6 Å². The van der Waals surface area contributed by atoms with E-state index in [-0.39, 0.29) is 5.02 Å². The predicted octanol–water partition coefficient (Wildman–Crippen LogP) is 2.77. The summed E-state index contributed by atoms with van der Waals surface area (Å²) < 4.78 is 29.5. The highest BCUT2D eigenvalue weighted by molar-refractivity contribution is 6.31. The van der Waals surface area contributed by atoms with Gasteiger partial charge in [0, 0.05) is 5.69 Å². The van der Waals surface area contributed by atoms with Crippen molar-refractivity contribution in [3.63, 3.8) is 0 Å². The van der Waals surface area contributed by atoms with Crippen LogP contribution in [0.1, 0.15) is 28.2 Å². The molecule has 1 heterocycles. The highest BCUT2D eigenvalue weighted by atomic mass is 35.5. The molecule has 0 aliphatic heterocycles. The normalized spacial score (nSPS) is 10.5. The number of pyridine rings is 1. The molecule has 3 nitrogen and oxygen atoms in total. The third kappa shape index (κ3) is 2.41. The number of carbonyl (C=O) groups excluding carboxylic acids is 1. The molecule has 0 unspecified atom stereocenters. The third-order valence-electron chi connectivity index (χ3n) is 1.73. The second-order valence-electron chi connectivity index (χ2n) is 2.80. The van der Waals surface area contributed by atoms with Crippen molar-refractivity contribution in [2.24, 2.45) is 0 Å². The van der Waals surface area contributed by atoms with Gasteiger partial charge in [0.25, 0.3) is 6.43 Å². The van der Waals surface area contributed by atoms with Crippen molar-refractivity contribution < 1.29 is 18.3 Å². The van der Waals surface area contributed by atoms with Crippen molar-refractivity contribution in [3.05, 3.63) is 28.0 Å². The average molecular weight is 236 g/mol. The molecule has 1 aromatic rings. The molecule has 0 atom stereocenters. The monoisotopic (exact) mass is 235 g/mol. The van der Waals surface area contributed by atoms with Crippen LogP contribution in [0.4, 0.5) is 8.78 Å². The van der Waals surface area contributed by atoms with Crippen LogP contribution in [0.25, 0.3) is 0 Å². The van der Waals surface area contributed by atoms with Gasteiger partial charge in [-0.3, -0.25) is 0 Å². The number of rotatable bonds is 2. The van der Waals surface area contributed by atoms with Gasteiger partial charge in [0.2, 0.25) is 0 Å². The van der Waals surface area contributed by atoms with Gasteiger partial charge in [-0.2, -0.15) is 0 Å². The Morgan fingerprint density at radius 3 is 2.67 bits per heavy atom. The molecular weight excluding hydrogens is 228 g/mol. The van der Waals surface area contributed by atoms with Crippen molar-refractivity contribution in [2.75, 3.05) is 7.11 Å². The Labute approximate surface area is 90.0 Å². The van der Waals surface area contributed by atoms with Crippen LogP contribution in [0, 0.1) is 6.92 Å². The van der Waals surface area contributed by atoms with Gasteiger partial charge in [-0.15, -0.1) is 0 Å². The van der Waals surface area contributed by atoms with Gasteiger partial charge in [-0.1, -0.05) is 11.6 Å². The maximum Gasteiger partial charge on any atom is 0.357 e. The van der Waals surface area contributed by atoms with Gasteiger partial charge >= 0.3 is 5.97 Å². The van der Waals surface area contributed by atoms with Gasteiger partial charge in [-0.05, 0) is 13.0 Å². The number of nitrogens with zero attached hydrogens (tertiary/aromatic N) is 1. The molecule has 82 valence electrons. The zero-order valence-corrected chi connectivity index (χ0v) is 8.81. The molecule has 0 aliphatic carbocycles. The first kappa shape index (κ1) is 11.8. The van der Waals surface area contributed by atoms with Crippen LogP contribution >= 0.6 is 11.6 Å². The number of esters is 1. The fourth-order valence-electron chi connectivity index (χ4n) is 1.10. The minimum absolute atomic E-state index is 0.182. The summed E-state index contributed by atoms with van der Waals surface area (Å²) in [4.78, 5) is 14.9.